The van der Waals surface area contributed by atoms with Gasteiger partial charge in [0.05, 0.1) is 17.4 Å². The van der Waals surface area contributed by atoms with Crippen molar-refractivity contribution in [3.05, 3.63) is 114 Å². The fraction of sp³-hybridized carbons (Fsp3) is 0.192. The van der Waals surface area contributed by atoms with Crippen LogP contribution in [0.2, 0.25) is 10.0 Å². The molecule has 0 aliphatic heterocycles. The monoisotopic (exact) mass is 495 g/mol. The number of halogens is 2. The van der Waals surface area contributed by atoms with Crippen molar-refractivity contribution in [3.8, 4) is 0 Å². The van der Waals surface area contributed by atoms with Gasteiger partial charge in [-0.3, -0.25) is 18.7 Å². The number of aromatic nitrogens is 2. The van der Waals surface area contributed by atoms with Gasteiger partial charge in [0.25, 0.3) is 5.56 Å². The lowest BCUT2D eigenvalue weighted by atomic mass is 10.1. The molecule has 3 aromatic carbocycles. The highest BCUT2D eigenvalue weighted by molar-refractivity contribution is 6.35. The maximum Gasteiger partial charge on any atom is 0.332 e. The summed E-state index contributed by atoms with van der Waals surface area (Å²) in [6, 6.07) is 17.9. The SMILES string of the molecule is Cc1ccc(Cn2c(=O)n(CC(=O)NCc3ccc(Cl)cc3Cl)c(=O)c3ccccc32)c(C)c1. The fourth-order valence-electron chi connectivity index (χ4n) is 3.92. The van der Waals surface area contributed by atoms with Crippen LogP contribution in [0.5, 0.6) is 0 Å². The largest absolute Gasteiger partial charge is 0.350 e. The van der Waals surface area contributed by atoms with Gasteiger partial charge < -0.3 is 5.32 Å². The van der Waals surface area contributed by atoms with Crippen LogP contribution in [0.25, 0.3) is 10.9 Å². The Bertz CT molecular complexity index is 1520. The minimum absolute atomic E-state index is 0.147. The molecule has 0 aliphatic rings. The smallest absolute Gasteiger partial charge is 0.332 e. The second-order valence-corrected chi connectivity index (χ2v) is 9.06. The van der Waals surface area contributed by atoms with Gasteiger partial charge in [-0.15, -0.1) is 0 Å². The zero-order chi connectivity index (χ0) is 24.4. The Hall–Kier alpha value is -3.35. The lowest BCUT2D eigenvalue weighted by Gasteiger charge is -2.15. The lowest BCUT2D eigenvalue weighted by molar-refractivity contribution is -0.121. The molecule has 0 unspecified atom stereocenters. The minimum atomic E-state index is -0.539. The molecule has 1 amide bonds. The van der Waals surface area contributed by atoms with E-state index in [1.165, 1.54) is 4.57 Å². The van der Waals surface area contributed by atoms with E-state index in [2.05, 4.69) is 5.32 Å². The molecule has 0 atom stereocenters. The first-order valence-corrected chi connectivity index (χ1v) is 11.5. The molecule has 0 fully saturated rings. The number of aryl methyl sites for hydroxylation is 2. The molecule has 8 heteroatoms. The van der Waals surface area contributed by atoms with E-state index in [0.29, 0.717) is 26.5 Å². The second-order valence-electron chi connectivity index (χ2n) is 8.22. The van der Waals surface area contributed by atoms with Crippen molar-refractivity contribution in [2.45, 2.75) is 33.5 Å². The molecule has 1 heterocycles. The van der Waals surface area contributed by atoms with Gasteiger partial charge in [0.1, 0.15) is 6.54 Å². The van der Waals surface area contributed by atoms with Crippen LogP contribution >= 0.6 is 23.2 Å². The molecule has 1 N–H and O–H groups in total. The molecule has 0 bridgehead atoms. The van der Waals surface area contributed by atoms with E-state index in [1.807, 2.05) is 32.0 Å². The first-order chi connectivity index (χ1) is 16.2. The third-order valence-corrected chi connectivity index (χ3v) is 6.34. The van der Waals surface area contributed by atoms with E-state index in [4.69, 9.17) is 23.2 Å². The minimum Gasteiger partial charge on any atom is -0.350 e. The van der Waals surface area contributed by atoms with Crippen LogP contribution in [0.15, 0.2) is 70.3 Å². The maximum absolute atomic E-state index is 13.4. The molecule has 0 saturated heterocycles. The van der Waals surface area contributed by atoms with Crippen molar-refractivity contribution in [2.75, 3.05) is 0 Å². The molecule has 4 aromatic rings. The van der Waals surface area contributed by atoms with Crippen LogP contribution in [-0.4, -0.2) is 15.0 Å². The summed E-state index contributed by atoms with van der Waals surface area (Å²) < 4.78 is 2.52. The molecular weight excluding hydrogens is 473 g/mol. The predicted octanol–water partition coefficient (Wildman–Crippen LogP) is 4.45. The number of carbonyl (C=O) groups excluding carboxylic acids is 1. The predicted molar refractivity (Wildman–Crippen MR) is 136 cm³/mol. The van der Waals surface area contributed by atoms with E-state index < -0.39 is 23.7 Å². The van der Waals surface area contributed by atoms with Crippen LogP contribution in [0, 0.1) is 13.8 Å². The van der Waals surface area contributed by atoms with Crippen molar-refractivity contribution < 1.29 is 4.79 Å². The van der Waals surface area contributed by atoms with Gasteiger partial charge in [-0.05, 0) is 54.8 Å². The molecular formula is C26H23Cl2N3O3. The number of amides is 1. The quantitative estimate of drug-likeness (QED) is 0.429. The van der Waals surface area contributed by atoms with Gasteiger partial charge in [-0.1, -0.05) is 65.2 Å². The number of hydrogen-bond donors (Lipinski definition) is 1. The summed E-state index contributed by atoms with van der Waals surface area (Å²) in [5.41, 5.74) is 3.30. The average Bonchev–Trinajstić information content (AvgIpc) is 2.80. The number of benzene rings is 3. The highest BCUT2D eigenvalue weighted by Gasteiger charge is 2.16. The number of rotatable bonds is 6. The summed E-state index contributed by atoms with van der Waals surface area (Å²) in [6.45, 7) is 4.03. The Kier molecular flexibility index (Phi) is 6.91. The van der Waals surface area contributed by atoms with E-state index in [-0.39, 0.29) is 13.1 Å². The Balaban J connectivity index is 1.68. The van der Waals surface area contributed by atoms with Gasteiger partial charge in [0.15, 0.2) is 0 Å². The van der Waals surface area contributed by atoms with Gasteiger partial charge in [0, 0.05) is 16.6 Å². The Labute approximate surface area is 206 Å². The number of nitrogens with one attached hydrogen (secondary N) is 1. The van der Waals surface area contributed by atoms with Crippen molar-refractivity contribution >= 4 is 40.0 Å². The summed E-state index contributed by atoms with van der Waals surface area (Å²) in [5, 5.41) is 4.01. The lowest BCUT2D eigenvalue weighted by Crippen LogP contribution is -2.44. The summed E-state index contributed by atoms with van der Waals surface area (Å²) in [5.74, 6) is -0.474. The molecule has 6 nitrogen and oxygen atoms in total. The van der Waals surface area contributed by atoms with Crippen molar-refractivity contribution in [1.29, 1.82) is 0 Å². The highest BCUT2D eigenvalue weighted by Crippen LogP contribution is 2.20. The second kappa shape index (κ2) is 9.87. The summed E-state index contributed by atoms with van der Waals surface area (Å²) in [6.07, 6.45) is 0. The topological polar surface area (TPSA) is 73.1 Å². The zero-order valence-electron chi connectivity index (χ0n) is 18.8. The third kappa shape index (κ3) is 4.93. The standard InChI is InChI=1S/C26H23Cl2N3O3/c1-16-7-8-19(17(2)11-16)14-30-23-6-4-3-5-21(23)25(33)31(26(30)34)15-24(32)29-13-18-9-10-20(27)12-22(18)28/h3-12H,13-15H2,1-2H3,(H,29,32). The molecule has 1 aromatic heterocycles. The van der Waals surface area contributed by atoms with Crippen LogP contribution in [0.3, 0.4) is 0 Å². The Morgan fingerprint density at radius 1 is 0.912 bits per heavy atom. The van der Waals surface area contributed by atoms with Crippen molar-refractivity contribution in [2.24, 2.45) is 0 Å². The molecule has 34 heavy (non-hydrogen) atoms. The van der Waals surface area contributed by atoms with Gasteiger partial charge >= 0.3 is 5.69 Å². The Morgan fingerprint density at radius 3 is 2.38 bits per heavy atom. The number of para-hydroxylation sites is 1. The van der Waals surface area contributed by atoms with E-state index in [9.17, 15) is 14.4 Å². The summed E-state index contributed by atoms with van der Waals surface area (Å²) >= 11 is 12.1. The third-order valence-electron chi connectivity index (χ3n) is 5.75. The summed E-state index contributed by atoms with van der Waals surface area (Å²) in [4.78, 5) is 39.2. The van der Waals surface area contributed by atoms with Crippen molar-refractivity contribution in [3.63, 3.8) is 0 Å². The molecule has 4 rings (SSSR count). The van der Waals surface area contributed by atoms with Crippen LogP contribution in [0.1, 0.15) is 22.3 Å². The van der Waals surface area contributed by atoms with E-state index in [0.717, 1.165) is 21.3 Å². The normalized spacial score (nSPS) is 11.1. The molecule has 174 valence electrons. The highest BCUT2D eigenvalue weighted by atomic mass is 35.5. The molecule has 0 aliphatic carbocycles. The van der Waals surface area contributed by atoms with Gasteiger partial charge in [0.2, 0.25) is 5.91 Å². The first kappa shape index (κ1) is 23.8. The van der Waals surface area contributed by atoms with Crippen molar-refractivity contribution in [1.82, 2.24) is 14.5 Å². The van der Waals surface area contributed by atoms with Gasteiger partial charge in [-0.25, -0.2) is 4.79 Å². The maximum atomic E-state index is 13.4. The number of nitrogens with zero attached hydrogens (tertiary/aromatic N) is 2. The number of carbonyl (C=O) groups is 1. The van der Waals surface area contributed by atoms with E-state index >= 15 is 0 Å². The molecule has 0 saturated carbocycles. The van der Waals surface area contributed by atoms with Crippen LogP contribution < -0.4 is 16.6 Å². The zero-order valence-corrected chi connectivity index (χ0v) is 20.3. The average molecular weight is 496 g/mol. The fourth-order valence-corrected chi connectivity index (χ4v) is 4.39. The van der Waals surface area contributed by atoms with E-state index in [1.54, 1.807) is 42.5 Å². The van der Waals surface area contributed by atoms with Gasteiger partial charge in [-0.2, -0.15) is 0 Å². The molecule has 0 spiro atoms. The number of hydrogen-bond acceptors (Lipinski definition) is 3. The number of fused-ring (bicyclic) bond motifs is 1. The Morgan fingerprint density at radius 2 is 1.65 bits per heavy atom. The summed E-state index contributed by atoms with van der Waals surface area (Å²) in [7, 11) is 0. The van der Waals surface area contributed by atoms with Crippen LogP contribution in [0.4, 0.5) is 0 Å². The van der Waals surface area contributed by atoms with Crippen LogP contribution in [-0.2, 0) is 24.4 Å². The molecule has 0 radical (unpaired) electrons. The first-order valence-electron chi connectivity index (χ1n) is 10.7.